The Morgan fingerprint density at radius 1 is 1.21 bits per heavy atom. The Bertz CT molecular complexity index is 1100. The molecule has 0 fully saturated rings. The van der Waals surface area contributed by atoms with Gasteiger partial charge >= 0.3 is 0 Å². The molecule has 1 heterocycles. The van der Waals surface area contributed by atoms with E-state index in [4.69, 9.17) is 20.9 Å². The molecule has 0 bridgehead atoms. The van der Waals surface area contributed by atoms with Crippen LogP contribution in [0, 0.1) is 6.92 Å². The minimum atomic E-state index is -3.89. The van der Waals surface area contributed by atoms with Gasteiger partial charge in [-0.25, -0.2) is 8.42 Å². The number of hydrogen-bond donors (Lipinski definition) is 0. The highest BCUT2D eigenvalue weighted by Gasteiger charge is 2.29. The quantitative estimate of drug-likeness (QED) is 0.524. The van der Waals surface area contributed by atoms with Crippen LogP contribution in [-0.4, -0.2) is 36.5 Å². The first-order valence-corrected chi connectivity index (χ1v) is 10.9. The van der Waals surface area contributed by atoms with Crippen LogP contribution in [-0.2, 0) is 16.6 Å². The Morgan fingerprint density at radius 3 is 2.69 bits per heavy atom. The SMILES string of the molecule is CCCN(Cc1nc(-c2cccc(C)c2)no1)S(=O)(=O)c1cc(Cl)ccc1OC. The van der Waals surface area contributed by atoms with Crippen molar-refractivity contribution >= 4 is 21.6 Å². The highest BCUT2D eigenvalue weighted by Crippen LogP contribution is 2.30. The predicted octanol–water partition coefficient (Wildman–Crippen LogP) is 4.31. The number of sulfonamides is 1. The van der Waals surface area contributed by atoms with Crippen LogP contribution in [0.1, 0.15) is 24.8 Å². The van der Waals surface area contributed by atoms with Gasteiger partial charge < -0.3 is 9.26 Å². The Morgan fingerprint density at radius 2 is 2.00 bits per heavy atom. The molecule has 1 aromatic heterocycles. The molecule has 0 spiro atoms. The number of benzene rings is 2. The number of hydrogen-bond acceptors (Lipinski definition) is 6. The number of halogens is 1. The van der Waals surface area contributed by atoms with E-state index in [2.05, 4.69) is 10.1 Å². The van der Waals surface area contributed by atoms with E-state index < -0.39 is 10.0 Å². The van der Waals surface area contributed by atoms with Crippen molar-refractivity contribution in [2.45, 2.75) is 31.7 Å². The van der Waals surface area contributed by atoms with E-state index in [9.17, 15) is 8.42 Å². The molecule has 0 unspecified atom stereocenters. The van der Waals surface area contributed by atoms with Crippen LogP contribution in [0.25, 0.3) is 11.4 Å². The Balaban J connectivity index is 1.92. The van der Waals surface area contributed by atoms with Crippen LogP contribution in [0.2, 0.25) is 5.02 Å². The maximum absolute atomic E-state index is 13.3. The summed E-state index contributed by atoms with van der Waals surface area (Å²) in [6, 6.07) is 12.2. The van der Waals surface area contributed by atoms with Gasteiger partial charge in [0.25, 0.3) is 0 Å². The molecule has 2 aromatic carbocycles. The van der Waals surface area contributed by atoms with Gasteiger partial charge in [-0.2, -0.15) is 9.29 Å². The van der Waals surface area contributed by atoms with Gasteiger partial charge in [0.1, 0.15) is 10.6 Å². The van der Waals surface area contributed by atoms with Crippen molar-refractivity contribution in [3.8, 4) is 17.1 Å². The topological polar surface area (TPSA) is 85.5 Å². The van der Waals surface area contributed by atoms with Crippen molar-refractivity contribution in [2.24, 2.45) is 0 Å². The van der Waals surface area contributed by atoms with Crippen LogP contribution >= 0.6 is 11.6 Å². The second-order valence-electron chi connectivity index (χ2n) is 6.51. The van der Waals surface area contributed by atoms with Gasteiger partial charge in [0.15, 0.2) is 0 Å². The molecule has 0 aliphatic carbocycles. The van der Waals surface area contributed by atoms with Crippen LogP contribution in [0.15, 0.2) is 51.9 Å². The summed E-state index contributed by atoms with van der Waals surface area (Å²) in [6.07, 6.45) is 0.612. The molecule has 0 radical (unpaired) electrons. The third-order valence-corrected chi connectivity index (χ3v) is 6.37. The fourth-order valence-corrected chi connectivity index (χ4v) is 4.80. The third kappa shape index (κ3) is 4.77. The normalized spacial score (nSPS) is 11.8. The predicted molar refractivity (Wildman–Crippen MR) is 110 cm³/mol. The number of nitrogens with zero attached hydrogens (tertiary/aromatic N) is 3. The number of ether oxygens (including phenoxy) is 1. The van der Waals surface area contributed by atoms with Gasteiger partial charge in [0.2, 0.25) is 21.7 Å². The zero-order chi connectivity index (χ0) is 21.0. The molecule has 0 N–H and O–H groups in total. The first-order valence-electron chi connectivity index (χ1n) is 9.08. The maximum atomic E-state index is 13.3. The van der Waals surface area contributed by atoms with E-state index in [1.807, 2.05) is 38.1 Å². The summed E-state index contributed by atoms with van der Waals surface area (Å²) in [6.45, 7) is 4.09. The Hall–Kier alpha value is -2.42. The second kappa shape index (κ2) is 8.94. The van der Waals surface area contributed by atoms with Gasteiger partial charge in [-0.1, -0.05) is 47.4 Å². The second-order valence-corrected chi connectivity index (χ2v) is 8.86. The number of aryl methyl sites for hydroxylation is 1. The van der Waals surface area contributed by atoms with Crippen molar-refractivity contribution in [3.63, 3.8) is 0 Å². The fraction of sp³-hybridized carbons (Fsp3) is 0.300. The highest BCUT2D eigenvalue weighted by molar-refractivity contribution is 7.89. The van der Waals surface area contributed by atoms with Crippen LogP contribution < -0.4 is 4.74 Å². The lowest BCUT2D eigenvalue weighted by molar-refractivity contribution is 0.314. The summed E-state index contributed by atoms with van der Waals surface area (Å²) < 4.78 is 38.4. The van der Waals surface area contributed by atoms with E-state index in [-0.39, 0.29) is 29.6 Å². The zero-order valence-corrected chi connectivity index (χ0v) is 18.0. The van der Waals surface area contributed by atoms with Crippen molar-refractivity contribution < 1.29 is 17.7 Å². The molecule has 0 amide bonds. The molecule has 7 nitrogen and oxygen atoms in total. The molecular formula is C20H22ClN3O4S. The van der Waals surface area contributed by atoms with Gasteiger partial charge in [-0.3, -0.25) is 0 Å². The van der Waals surface area contributed by atoms with Crippen molar-refractivity contribution in [2.75, 3.05) is 13.7 Å². The minimum Gasteiger partial charge on any atom is -0.495 e. The Kier molecular flexibility index (Phi) is 6.56. The lowest BCUT2D eigenvalue weighted by Crippen LogP contribution is -2.31. The van der Waals surface area contributed by atoms with E-state index in [1.165, 1.54) is 23.5 Å². The smallest absolute Gasteiger partial charge is 0.247 e. The highest BCUT2D eigenvalue weighted by atomic mass is 35.5. The summed E-state index contributed by atoms with van der Waals surface area (Å²) in [5, 5.41) is 4.30. The summed E-state index contributed by atoms with van der Waals surface area (Å²) in [5.41, 5.74) is 1.87. The van der Waals surface area contributed by atoms with Crippen molar-refractivity contribution in [1.82, 2.24) is 14.4 Å². The number of aromatic nitrogens is 2. The van der Waals surface area contributed by atoms with Gasteiger partial charge in [0.05, 0.1) is 13.7 Å². The molecular weight excluding hydrogens is 414 g/mol. The van der Waals surface area contributed by atoms with Crippen molar-refractivity contribution in [3.05, 3.63) is 58.9 Å². The van der Waals surface area contributed by atoms with Crippen LogP contribution in [0.4, 0.5) is 0 Å². The molecule has 9 heteroatoms. The van der Waals surface area contributed by atoms with E-state index >= 15 is 0 Å². The largest absolute Gasteiger partial charge is 0.495 e. The van der Waals surface area contributed by atoms with E-state index in [1.54, 1.807) is 6.07 Å². The van der Waals surface area contributed by atoms with E-state index in [0.29, 0.717) is 17.3 Å². The molecule has 3 rings (SSSR count). The molecule has 0 saturated carbocycles. The fourth-order valence-electron chi connectivity index (χ4n) is 2.90. The molecule has 0 saturated heterocycles. The standard InChI is InChI=1S/C20H22ClN3O4S/c1-4-10-24(29(25,26)18-12-16(21)8-9-17(18)27-3)13-19-22-20(23-28-19)15-7-5-6-14(2)11-15/h5-9,11-12H,4,10,13H2,1-3H3. The number of methoxy groups -OCH3 is 1. The van der Waals surface area contributed by atoms with Crippen LogP contribution in [0.5, 0.6) is 5.75 Å². The van der Waals surface area contributed by atoms with Gasteiger partial charge in [-0.05, 0) is 37.6 Å². The minimum absolute atomic E-state index is 0.000581. The summed E-state index contributed by atoms with van der Waals surface area (Å²) in [4.78, 5) is 4.37. The molecule has 0 atom stereocenters. The third-order valence-electron chi connectivity index (χ3n) is 4.27. The maximum Gasteiger partial charge on any atom is 0.247 e. The Labute approximate surface area is 175 Å². The van der Waals surface area contributed by atoms with Gasteiger partial charge in [-0.15, -0.1) is 0 Å². The zero-order valence-electron chi connectivity index (χ0n) is 16.4. The monoisotopic (exact) mass is 435 g/mol. The lowest BCUT2D eigenvalue weighted by atomic mass is 10.1. The summed E-state index contributed by atoms with van der Waals surface area (Å²) >= 11 is 6.03. The van der Waals surface area contributed by atoms with Crippen molar-refractivity contribution in [1.29, 1.82) is 0 Å². The summed E-state index contributed by atoms with van der Waals surface area (Å²) in [7, 11) is -2.48. The molecule has 154 valence electrons. The summed E-state index contributed by atoms with van der Waals surface area (Å²) in [5.74, 6) is 0.846. The molecule has 0 aliphatic rings. The average molecular weight is 436 g/mol. The average Bonchev–Trinajstić information content (AvgIpc) is 3.16. The molecule has 29 heavy (non-hydrogen) atoms. The molecule has 3 aromatic rings. The molecule has 0 aliphatic heterocycles. The van der Waals surface area contributed by atoms with E-state index in [0.717, 1.165) is 11.1 Å². The first-order chi connectivity index (χ1) is 13.8. The first kappa shape index (κ1) is 21.3. The number of rotatable bonds is 8. The lowest BCUT2D eigenvalue weighted by Gasteiger charge is -2.21. The van der Waals surface area contributed by atoms with Gasteiger partial charge in [0, 0.05) is 17.1 Å². The van der Waals surface area contributed by atoms with Crippen LogP contribution in [0.3, 0.4) is 0 Å².